The predicted molar refractivity (Wildman–Crippen MR) is 108 cm³/mol. The number of quaternary nitrogens is 2. The van der Waals surface area contributed by atoms with Crippen molar-refractivity contribution in [2.75, 3.05) is 34.9 Å². The van der Waals surface area contributed by atoms with Gasteiger partial charge in [0.1, 0.15) is 30.2 Å². The summed E-state index contributed by atoms with van der Waals surface area (Å²) in [4.78, 5) is 13.3. The lowest BCUT2D eigenvalue weighted by atomic mass is 10.0. The van der Waals surface area contributed by atoms with Crippen molar-refractivity contribution in [3.05, 3.63) is 70.1 Å². The lowest BCUT2D eigenvalue weighted by molar-refractivity contribution is -0.910. The lowest BCUT2D eigenvalue weighted by Crippen LogP contribution is -3.09. The van der Waals surface area contributed by atoms with Gasteiger partial charge < -0.3 is 24.1 Å². The van der Waals surface area contributed by atoms with Crippen LogP contribution < -0.4 is 25.3 Å². The Morgan fingerprint density at radius 3 is 2.50 bits per heavy atom. The average molecular weight is 384 g/mol. The van der Waals surface area contributed by atoms with E-state index in [4.69, 9.17) is 13.9 Å². The molecule has 0 amide bonds. The van der Waals surface area contributed by atoms with Crippen LogP contribution in [0.5, 0.6) is 11.5 Å². The van der Waals surface area contributed by atoms with E-state index in [9.17, 15) is 4.79 Å². The third-order valence-electron chi connectivity index (χ3n) is 5.00. The van der Waals surface area contributed by atoms with Gasteiger partial charge in [-0.3, -0.25) is 0 Å². The largest absolute Gasteiger partial charge is 0.497 e. The first-order valence-electron chi connectivity index (χ1n) is 9.38. The summed E-state index contributed by atoms with van der Waals surface area (Å²) >= 11 is 0. The molecule has 3 N–H and O–H groups in total. The summed E-state index contributed by atoms with van der Waals surface area (Å²) in [6, 6.07) is 15.7. The van der Waals surface area contributed by atoms with Gasteiger partial charge in [-0.25, -0.2) is 4.79 Å². The van der Waals surface area contributed by atoms with Crippen molar-refractivity contribution in [1.29, 1.82) is 0 Å². The highest BCUT2D eigenvalue weighted by Crippen LogP contribution is 2.22. The summed E-state index contributed by atoms with van der Waals surface area (Å²) in [5, 5.41) is 3.17. The number of hydrogen-bond donors (Lipinski definition) is 2. The van der Waals surface area contributed by atoms with Crippen molar-refractivity contribution in [3.8, 4) is 11.5 Å². The maximum atomic E-state index is 12.0. The predicted octanol–water partition coefficient (Wildman–Crippen LogP) is 0.759. The highest BCUT2D eigenvalue weighted by molar-refractivity contribution is 5.81. The number of fused-ring (bicyclic) bond motifs is 1. The van der Waals surface area contributed by atoms with Crippen LogP contribution in [0.25, 0.3) is 11.0 Å². The zero-order chi connectivity index (χ0) is 20.1. The van der Waals surface area contributed by atoms with Crippen molar-refractivity contribution in [2.24, 2.45) is 0 Å². The van der Waals surface area contributed by atoms with E-state index in [0.29, 0.717) is 23.9 Å². The van der Waals surface area contributed by atoms with Crippen LogP contribution in [-0.2, 0) is 6.54 Å². The number of methoxy groups -OCH3 is 2. The smallest absolute Gasteiger partial charge is 0.336 e. The second kappa shape index (κ2) is 8.91. The molecule has 0 aliphatic carbocycles. The number of rotatable bonds is 8. The van der Waals surface area contributed by atoms with E-state index < -0.39 is 0 Å². The maximum absolute atomic E-state index is 12.0. The van der Waals surface area contributed by atoms with Gasteiger partial charge in [0.15, 0.2) is 6.04 Å². The van der Waals surface area contributed by atoms with E-state index in [0.717, 1.165) is 23.2 Å². The second-order valence-electron chi connectivity index (χ2n) is 7.09. The molecular formula is C22H28N2O4+2. The molecule has 1 aromatic heterocycles. The zero-order valence-electron chi connectivity index (χ0n) is 16.8. The molecule has 3 rings (SSSR count). The van der Waals surface area contributed by atoms with Gasteiger partial charge in [-0.2, -0.15) is 0 Å². The third kappa shape index (κ3) is 4.52. The summed E-state index contributed by atoms with van der Waals surface area (Å²) in [7, 11) is 7.58. The number of ether oxygens (including phenoxy) is 2. The Hall–Kier alpha value is -2.83. The first kappa shape index (κ1) is 19.9. The normalized spacial score (nSPS) is 12.3. The third-order valence-corrected chi connectivity index (χ3v) is 5.00. The highest BCUT2D eigenvalue weighted by atomic mass is 16.5. The molecule has 3 aromatic rings. The first-order chi connectivity index (χ1) is 13.5. The van der Waals surface area contributed by atoms with Gasteiger partial charge in [0.25, 0.3) is 0 Å². The molecule has 0 spiro atoms. The Kier molecular flexibility index (Phi) is 6.34. The van der Waals surface area contributed by atoms with Gasteiger partial charge in [0, 0.05) is 28.6 Å². The van der Waals surface area contributed by atoms with Crippen molar-refractivity contribution in [3.63, 3.8) is 0 Å². The topological polar surface area (TPSA) is 69.7 Å². The number of benzene rings is 2. The Balaban J connectivity index is 1.78. The van der Waals surface area contributed by atoms with Crippen LogP contribution >= 0.6 is 0 Å². The van der Waals surface area contributed by atoms with Crippen molar-refractivity contribution >= 4 is 11.0 Å². The summed E-state index contributed by atoms with van der Waals surface area (Å²) < 4.78 is 15.9. The average Bonchev–Trinajstić information content (AvgIpc) is 2.70. The molecule has 0 fully saturated rings. The minimum absolute atomic E-state index is 0.307. The van der Waals surface area contributed by atoms with Crippen LogP contribution in [0, 0.1) is 0 Å². The van der Waals surface area contributed by atoms with E-state index in [2.05, 4.69) is 31.5 Å². The molecule has 0 aliphatic rings. The standard InChI is InChI=1S/C22H26N2O4/c1-24(2)20(15-6-5-7-17(10-15)26-3)14-23-13-16-11-22(25)28-21-12-18(27-4)8-9-19(16)21/h5-12,20,23H,13-14H2,1-4H3/p+2/t20-/m0/s1. The van der Waals surface area contributed by atoms with Crippen LogP contribution in [0.1, 0.15) is 17.2 Å². The molecule has 148 valence electrons. The van der Waals surface area contributed by atoms with Crippen molar-refractivity contribution < 1.29 is 24.1 Å². The molecule has 0 bridgehead atoms. The zero-order valence-corrected chi connectivity index (χ0v) is 16.8. The van der Waals surface area contributed by atoms with Crippen LogP contribution in [0.15, 0.2) is 57.7 Å². The first-order valence-corrected chi connectivity index (χ1v) is 9.38. The van der Waals surface area contributed by atoms with Gasteiger partial charge in [-0.05, 0) is 24.3 Å². The van der Waals surface area contributed by atoms with Crippen molar-refractivity contribution in [2.45, 2.75) is 12.6 Å². The Labute approximate surface area is 164 Å². The minimum atomic E-state index is -0.341. The summed E-state index contributed by atoms with van der Waals surface area (Å²) in [6.07, 6.45) is 0. The Bertz CT molecular complexity index is 997. The Morgan fingerprint density at radius 2 is 1.79 bits per heavy atom. The second-order valence-corrected chi connectivity index (χ2v) is 7.09. The number of hydrogen-bond acceptors (Lipinski definition) is 4. The number of likely N-dealkylation sites (N-methyl/N-ethyl adjacent to an activating group) is 1. The van der Waals surface area contributed by atoms with Gasteiger partial charge in [-0.15, -0.1) is 0 Å². The fourth-order valence-corrected chi connectivity index (χ4v) is 3.47. The molecule has 1 atom stereocenters. The quantitative estimate of drug-likeness (QED) is 0.563. The van der Waals surface area contributed by atoms with E-state index in [1.165, 1.54) is 10.5 Å². The molecular weight excluding hydrogens is 356 g/mol. The van der Waals surface area contributed by atoms with Gasteiger partial charge in [0.05, 0.1) is 28.3 Å². The van der Waals surface area contributed by atoms with E-state index in [1.54, 1.807) is 26.4 Å². The summed E-state index contributed by atoms with van der Waals surface area (Å²) in [5.74, 6) is 1.54. The molecule has 28 heavy (non-hydrogen) atoms. The number of nitrogens with two attached hydrogens (primary N) is 1. The summed E-state index contributed by atoms with van der Waals surface area (Å²) in [6.45, 7) is 1.58. The molecule has 2 aromatic carbocycles. The van der Waals surface area contributed by atoms with Crippen LogP contribution in [0.2, 0.25) is 0 Å². The fraction of sp³-hybridized carbons (Fsp3) is 0.318. The molecule has 6 nitrogen and oxygen atoms in total. The van der Waals surface area contributed by atoms with Crippen LogP contribution in [0.4, 0.5) is 0 Å². The SMILES string of the molecule is COc1cccc([C@H](C[NH2+]Cc2cc(=O)oc3cc(OC)ccc23)[NH+](C)C)c1. The molecule has 0 unspecified atom stereocenters. The molecule has 0 radical (unpaired) electrons. The van der Waals surface area contributed by atoms with Gasteiger partial charge in [-0.1, -0.05) is 12.1 Å². The fourth-order valence-electron chi connectivity index (χ4n) is 3.47. The van der Waals surface area contributed by atoms with Gasteiger partial charge in [0.2, 0.25) is 0 Å². The van der Waals surface area contributed by atoms with Crippen LogP contribution in [-0.4, -0.2) is 34.9 Å². The monoisotopic (exact) mass is 384 g/mol. The van der Waals surface area contributed by atoms with Crippen molar-refractivity contribution in [1.82, 2.24) is 0 Å². The minimum Gasteiger partial charge on any atom is -0.497 e. The van der Waals surface area contributed by atoms with Gasteiger partial charge >= 0.3 is 5.63 Å². The molecule has 0 saturated heterocycles. The van der Waals surface area contributed by atoms with E-state index >= 15 is 0 Å². The maximum Gasteiger partial charge on any atom is 0.336 e. The molecule has 0 saturated carbocycles. The highest BCUT2D eigenvalue weighted by Gasteiger charge is 2.20. The molecule has 1 heterocycles. The molecule has 0 aliphatic heterocycles. The summed E-state index contributed by atoms with van der Waals surface area (Å²) in [5.41, 5.74) is 2.41. The van der Waals surface area contributed by atoms with Crippen LogP contribution in [0.3, 0.4) is 0 Å². The van der Waals surface area contributed by atoms with E-state index in [-0.39, 0.29) is 5.63 Å². The molecule has 6 heteroatoms. The number of nitrogens with one attached hydrogen (secondary N) is 1. The Morgan fingerprint density at radius 1 is 1.04 bits per heavy atom. The lowest BCUT2D eigenvalue weighted by Gasteiger charge is -2.21. The van der Waals surface area contributed by atoms with E-state index in [1.807, 2.05) is 24.3 Å².